The summed E-state index contributed by atoms with van der Waals surface area (Å²) in [5.74, 6) is -0.0949. The number of carboxylic acid groups (broad SMARTS) is 1. The normalized spacial score (nSPS) is 38.9. The van der Waals surface area contributed by atoms with E-state index in [1.54, 1.807) is 7.11 Å². The van der Waals surface area contributed by atoms with Gasteiger partial charge in [-0.2, -0.15) is 0 Å². The molecule has 2 unspecified atom stereocenters. The first-order valence-corrected chi connectivity index (χ1v) is 10.9. The SMILES string of the molecule is CO[C@]12CC[C@@H](O)[C@H](C=CC(O)C3CCCCC3)[C@H]1C(C)C2=CCCC(=O)O. The zero-order chi connectivity index (χ0) is 20.3. The third-order valence-corrected chi connectivity index (χ3v) is 7.48. The summed E-state index contributed by atoms with van der Waals surface area (Å²) in [6, 6.07) is 0. The molecule has 3 aliphatic rings. The van der Waals surface area contributed by atoms with Crippen molar-refractivity contribution in [2.45, 2.75) is 82.5 Å². The smallest absolute Gasteiger partial charge is 0.303 e. The number of aliphatic carboxylic acids is 1. The molecule has 0 aromatic heterocycles. The van der Waals surface area contributed by atoms with Crippen LogP contribution in [0.3, 0.4) is 0 Å². The highest BCUT2D eigenvalue weighted by atomic mass is 16.5. The Kier molecular flexibility index (Phi) is 7.00. The number of hydrogen-bond donors (Lipinski definition) is 3. The molecule has 0 aliphatic heterocycles. The van der Waals surface area contributed by atoms with Gasteiger partial charge in [0.15, 0.2) is 0 Å². The summed E-state index contributed by atoms with van der Waals surface area (Å²) in [5, 5.41) is 30.2. The van der Waals surface area contributed by atoms with E-state index in [4.69, 9.17) is 9.84 Å². The summed E-state index contributed by atoms with van der Waals surface area (Å²) >= 11 is 0. The lowest BCUT2D eigenvalue weighted by Gasteiger charge is -2.62. The fraction of sp³-hybridized carbons (Fsp3) is 0.783. The minimum atomic E-state index is -0.789. The van der Waals surface area contributed by atoms with Crippen LogP contribution in [0.2, 0.25) is 0 Å². The lowest BCUT2D eigenvalue weighted by atomic mass is 9.48. The second-order valence-electron chi connectivity index (χ2n) is 8.96. The van der Waals surface area contributed by atoms with Crippen LogP contribution in [0.25, 0.3) is 0 Å². The minimum Gasteiger partial charge on any atom is -0.481 e. The van der Waals surface area contributed by atoms with Crippen molar-refractivity contribution in [3.8, 4) is 0 Å². The minimum absolute atomic E-state index is 0.0430. The average Bonchev–Trinajstić information content (AvgIpc) is 2.70. The Labute approximate surface area is 168 Å². The molecule has 3 aliphatic carbocycles. The number of ether oxygens (including phenoxy) is 1. The van der Waals surface area contributed by atoms with Crippen molar-refractivity contribution >= 4 is 5.97 Å². The zero-order valence-electron chi connectivity index (χ0n) is 17.2. The molecule has 0 amide bonds. The fourth-order valence-electron chi connectivity index (χ4n) is 6.02. The first kappa shape index (κ1) is 21.5. The number of fused-ring (bicyclic) bond motifs is 1. The molecule has 5 nitrogen and oxygen atoms in total. The Morgan fingerprint density at radius 1 is 1.29 bits per heavy atom. The number of hydrogen-bond acceptors (Lipinski definition) is 4. The maximum Gasteiger partial charge on any atom is 0.303 e. The molecule has 6 atom stereocenters. The Hall–Kier alpha value is -1.17. The van der Waals surface area contributed by atoms with E-state index in [0.717, 1.165) is 19.3 Å². The number of rotatable bonds is 7. The highest BCUT2D eigenvalue weighted by Gasteiger charge is 2.61. The first-order valence-electron chi connectivity index (χ1n) is 10.9. The van der Waals surface area contributed by atoms with Gasteiger partial charge in [0.25, 0.3) is 0 Å². The van der Waals surface area contributed by atoms with Crippen LogP contribution in [0.15, 0.2) is 23.8 Å². The summed E-state index contributed by atoms with van der Waals surface area (Å²) in [6.45, 7) is 2.14. The second-order valence-corrected chi connectivity index (χ2v) is 8.96. The summed E-state index contributed by atoms with van der Waals surface area (Å²) in [6.07, 6.45) is 13.0. The third kappa shape index (κ3) is 4.07. The van der Waals surface area contributed by atoms with Crippen LogP contribution in [0.1, 0.15) is 64.7 Å². The summed E-state index contributed by atoms with van der Waals surface area (Å²) < 4.78 is 6.00. The molecule has 5 heteroatoms. The highest BCUT2D eigenvalue weighted by molar-refractivity contribution is 5.66. The summed E-state index contributed by atoms with van der Waals surface area (Å²) in [7, 11) is 1.72. The van der Waals surface area contributed by atoms with Gasteiger partial charge in [-0.1, -0.05) is 44.4 Å². The van der Waals surface area contributed by atoms with Gasteiger partial charge in [0, 0.05) is 25.4 Å². The van der Waals surface area contributed by atoms with Crippen LogP contribution in [-0.2, 0) is 9.53 Å². The lowest BCUT2D eigenvalue weighted by Crippen LogP contribution is -2.64. The Morgan fingerprint density at radius 2 is 2.00 bits per heavy atom. The van der Waals surface area contributed by atoms with Gasteiger partial charge < -0.3 is 20.1 Å². The first-order chi connectivity index (χ1) is 13.4. The largest absolute Gasteiger partial charge is 0.481 e. The van der Waals surface area contributed by atoms with Gasteiger partial charge >= 0.3 is 5.97 Å². The molecule has 3 saturated carbocycles. The van der Waals surface area contributed by atoms with Crippen molar-refractivity contribution in [2.24, 2.45) is 23.7 Å². The number of methoxy groups -OCH3 is 1. The number of carbonyl (C=O) groups is 1. The van der Waals surface area contributed by atoms with E-state index in [2.05, 4.69) is 6.92 Å². The number of allylic oxidation sites excluding steroid dienone is 1. The Balaban J connectivity index is 1.73. The highest BCUT2D eigenvalue weighted by Crippen LogP contribution is 2.60. The molecular formula is C23H36O5. The molecule has 3 N–H and O–H groups in total. The van der Waals surface area contributed by atoms with Crippen LogP contribution in [-0.4, -0.2) is 46.2 Å². The van der Waals surface area contributed by atoms with E-state index in [0.29, 0.717) is 18.8 Å². The van der Waals surface area contributed by atoms with Crippen molar-refractivity contribution in [1.29, 1.82) is 0 Å². The van der Waals surface area contributed by atoms with Crippen molar-refractivity contribution in [1.82, 2.24) is 0 Å². The topological polar surface area (TPSA) is 87.0 Å². The van der Waals surface area contributed by atoms with Gasteiger partial charge in [-0.3, -0.25) is 4.79 Å². The van der Waals surface area contributed by atoms with Crippen molar-refractivity contribution in [2.75, 3.05) is 7.11 Å². The zero-order valence-corrected chi connectivity index (χ0v) is 17.2. The van der Waals surface area contributed by atoms with Gasteiger partial charge in [-0.05, 0) is 49.5 Å². The predicted octanol–water partition coefficient (Wildman–Crippen LogP) is 3.70. The molecule has 0 saturated heterocycles. The molecule has 0 heterocycles. The predicted molar refractivity (Wildman–Crippen MR) is 108 cm³/mol. The molecular weight excluding hydrogens is 356 g/mol. The van der Waals surface area contributed by atoms with Crippen LogP contribution in [0, 0.1) is 23.7 Å². The molecule has 3 fully saturated rings. The van der Waals surface area contributed by atoms with Crippen LogP contribution >= 0.6 is 0 Å². The second kappa shape index (κ2) is 9.10. The summed E-state index contributed by atoms with van der Waals surface area (Å²) in [5.41, 5.74) is 0.779. The quantitative estimate of drug-likeness (QED) is 0.575. The molecule has 0 aromatic carbocycles. The monoisotopic (exact) mass is 392 g/mol. The van der Waals surface area contributed by atoms with Crippen molar-refractivity contribution in [3.63, 3.8) is 0 Å². The summed E-state index contributed by atoms with van der Waals surface area (Å²) in [4.78, 5) is 10.8. The van der Waals surface area contributed by atoms with Crippen LogP contribution in [0.4, 0.5) is 0 Å². The van der Waals surface area contributed by atoms with E-state index >= 15 is 0 Å². The Morgan fingerprint density at radius 3 is 2.64 bits per heavy atom. The molecule has 28 heavy (non-hydrogen) atoms. The van der Waals surface area contributed by atoms with E-state index in [9.17, 15) is 15.0 Å². The van der Waals surface area contributed by atoms with Gasteiger partial charge in [0.05, 0.1) is 17.8 Å². The average molecular weight is 393 g/mol. The van der Waals surface area contributed by atoms with Gasteiger partial charge in [-0.15, -0.1) is 0 Å². The molecule has 0 bridgehead atoms. The van der Waals surface area contributed by atoms with Gasteiger partial charge in [-0.25, -0.2) is 0 Å². The van der Waals surface area contributed by atoms with Crippen LogP contribution < -0.4 is 0 Å². The van der Waals surface area contributed by atoms with E-state index in [1.165, 1.54) is 24.8 Å². The van der Waals surface area contributed by atoms with Crippen LogP contribution in [0.5, 0.6) is 0 Å². The van der Waals surface area contributed by atoms with E-state index in [-0.39, 0.29) is 24.2 Å². The van der Waals surface area contributed by atoms with Gasteiger partial charge in [0.1, 0.15) is 0 Å². The number of aliphatic hydroxyl groups excluding tert-OH is 2. The molecule has 158 valence electrons. The fourth-order valence-corrected chi connectivity index (χ4v) is 6.02. The number of aliphatic hydroxyl groups is 2. The van der Waals surface area contributed by atoms with Crippen molar-refractivity contribution < 1.29 is 24.9 Å². The molecule has 0 aromatic rings. The molecule has 3 rings (SSSR count). The maximum atomic E-state index is 10.8. The number of carboxylic acids is 1. The maximum absolute atomic E-state index is 10.8. The van der Waals surface area contributed by atoms with E-state index in [1.807, 2.05) is 18.2 Å². The standard InChI is InChI=1S/C23H36O5/c1-15-18(9-6-10-21(26)27)23(28-2)14-13-20(25)17(22(15)23)11-12-19(24)16-7-4-3-5-8-16/h9,11-12,15-17,19-20,22,24-25H,3-8,10,13-14H2,1-2H3,(H,26,27)/t15?,17-,19?,20+,22+,23-/m0/s1. The molecule has 0 radical (unpaired) electrons. The Bertz CT molecular complexity index is 606. The van der Waals surface area contributed by atoms with Gasteiger partial charge in [0.2, 0.25) is 0 Å². The van der Waals surface area contributed by atoms with E-state index < -0.39 is 23.8 Å². The molecule has 0 spiro atoms. The third-order valence-electron chi connectivity index (χ3n) is 7.48. The van der Waals surface area contributed by atoms with Crippen molar-refractivity contribution in [3.05, 3.63) is 23.8 Å². The lowest BCUT2D eigenvalue weighted by molar-refractivity contribution is -0.164.